The molecule has 1 aromatic heterocycles. The van der Waals surface area contributed by atoms with E-state index in [0.29, 0.717) is 29.3 Å². The third-order valence-corrected chi connectivity index (χ3v) is 5.22. The molecule has 3 amide bonds. The van der Waals surface area contributed by atoms with Gasteiger partial charge in [0.1, 0.15) is 11.5 Å². The molecule has 0 saturated carbocycles. The Labute approximate surface area is 190 Å². The number of nitrogens with zero attached hydrogens (tertiary/aromatic N) is 2. The van der Waals surface area contributed by atoms with E-state index < -0.39 is 11.8 Å². The number of ether oxygens (including phenoxy) is 2. The molecule has 2 heterocycles. The first-order valence-corrected chi connectivity index (χ1v) is 10.2. The summed E-state index contributed by atoms with van der Waals surface area (Å²) in [6, 6.07) is 16.8. The fraction of sp³-hybridized carbons (Fsp3) is 0.167. The fourth-order valence-corrected chi connectivity index (χ4v) is 3.49. The number of nitrogens with one attached hydrogen (secondary N) is 1. The molecule has 2 aromatic carbocycles. The number of anilines is 2. The average molecular weight is 446 g/mol. The van der Waals surface area contributed by atoms with Crippen molar-refractivity contribution < 1.29 is 23.9 Å². The van der Waals surface area contributed by atoms with Crippen LogP contribution in [0.25, 0.3) is 0 Å². The Morgan fingerprint density at radius 1 is 1.09 bits per heavy atom. The Hall–Kier alpha value is -4.40. The Morgan fingerprint density at radius 3 is 2.55 bits per heavy atom. The molecule has 1 atom stereocenters. The third-order valence-electron chi connectivity index (χ3n) is 5.22. The van der Waals surface area contributed by atoms with E-state index >= 15 is 0 Å². The Morgan fingerprint density at radius 2 is 1.88 bits per heavy atom. The molecule has 168 valence electrons. The lowest BCUT2D eigenvalue weighted by molar-refractivity contribution is -0.122. The molecule has 1 aliphatic rings. The van der Waals surface area contributed by atoms with Crippen LogP contribution in [0, 0.1) is 5.92 Å². The zero-order valence-corrected chi connectivity index (χ0v) is 17.9. The van der Waals surface area contributed by atoms with Crippen molar-refractivity contribution in [3.05, 3.63) is 72.4 Å². The molecule has 33 heavy (non-hydrogen) atoms. The SMILES string of the molecule is COc1ccc(N2C[C@@H](C(=O)Nc3ccc(Oc4cccc(C(N)=O)c4)nc3)CC2=O)cc1. The van der Waals surface area contributed by atoms with Crippen molar-refractivity contribution in [1.29, 1.82) is 0 Å². The summed E-state index contributed by atoms with van der Waals surface area (Å²) in [5, 5.41) is 2.79. The molecule has 9 heteroatoms. The van der Waals surface area contributed by atoms with Gasteiger partial charge >= 0.3 is 0 Å². The lowest BCUT2D eigenvalue weighted by atomic mass is 10.1. The molecule has 0 unspecified atom stereocenters. The largest absolute Gasteiger partial charge is 0.497 e. The van der Waals surface area contributed by atoms with Crippen LogP contribution in [0.1, 0.15) is 16.8 Å². The topological polar surface area (TPSA) is 124 Å². The van der Waals surface area contributed by atoms with Crippen molar-refractivity contribution >= 4 is 29.1 Å². The van der Waals surface area contributed by atoms with Crippen molar-refractivity contribution in [3.8, 4) is 17.4 Å². The van der Waals surface area contributed by atoms with Crippen molar-refractivity contribution in [1.82, 2.24) is 4.98 Å². The van der Waals surface area contributed by atoms with Crippen LogP contribution >= 0.6 is 0 Å². The molecule has 0 bridgehead atoms. The Balaban J connectivity index is 1.36. The zero-order chi connectivity index (χ0) is 23.4. The van der Waals surface area contributed by atoms with Gasteiger partial charge in [-0.05, 0) is 48.5 Å². The number of benzene rings is 2. The van der Waals surface area contributed by atoms with E-state index in [1.807, 2.05) is 0 Å². The summed E-state index contributed by atoms with van der Waals surface area (Å²) in [5.41, 5.74) is 6.80. The minimum atomic E-state index is -0.553. The number of hydrogen-bond acceptors (Lipinski definition) is 6. The first-order valence-electron chi connectivity index (χ1n) is 10.2. The number of aromatic nitrogens is 1. The molecule has 4 rings (SSSR count). The van der Waals surface area contributed by atoms with E-state index in [9.17, 15) is 14.4 Å². The quantitative estimate of drug-likeness (QED) is 0.575. The van der Waals surface area contributed by atoms with Crippen LogP contribution in [0.2, 0.25) is 0 Å². The number of carbonyl (C=O) groups is 3. The summed E-state index contributed by atoms with van der Waals surface area (Å²) in [6.07, 6.45) is 1.59. The van der Waals surface area contributed by atoms with Crippen LogP contribution in [-0.4, -0.2) is 36.4 Å². The molecular weight excluding hydrogens is 424 g/mol. The molecule has 1 saturated heterocycles. The highest BCUT2D eigenvalue weighted by Crippen LogP contribution is 2.28. The van der Waals surface area contributed by atoms with E-state index in [-0.39, 0.29) is 24.1 Å². The van der Waals surface area contributed by atoms with Gasteiger partial charge in [-0.1, -0.05) is 6.07 Å². The van der Waals surface area contributed by atoms with Gasteiger partial charge in [0.15, 0.2) is 0 Å². The lowest BCUT2D eigenvalue weighted by Gasteiger charge is -2.17. The average Bonchev–Trinajstić information content (AvgIpc) is 3.22. The van der Waals surface area contributed by atoms with E-state index in [0.717, 1.165) is 5.69 Å². The minimum Gasteiger partial charge on any atom is -0.497 e. The van der Waals surface area contributed by atoms with E-state index in [1.54, 1.807) is 66.6 Å². The fourth-order valence-electron chi connectivity index (χ4n) is 3.49. The standard InChI is InChI=1S/C24H22N4O5/c1-32-19-8-6-18(7-9-19)28-14-16(12-22(28)29)24(31)27-17-5-10-21(26-13-17)33-20-4-2-3-15(11-20)23(25)30/h2-11,13,16H,12,14H2,1H3,(H2,25,30)(H,27,31)/t16-/m0/s1. The summed E-state index contributed by atoms with van der Waals surface area (Å²) in [4.78, 5) is 42.2. The van der Waals surface area contributed by atoms with Gasteiger partial charge in [-0.15, -0.1) is 0 Å². The number of methoxy groups -OCH3 is 1. The van der Waals surface area contributed by atoms with Crippen molar-refractivity contribution in [2.24, 2.45) is 11.7 Å². The molecule has 1 aliphatic heterocycles. The summed E-state index contributed by atoms with van der Waals surface area (Å²) in [5.74, 6) is -0.00549. The Bertz CT molecular complexity index is 1180. The number of primary amides is 1. The van der Waals surface area contributed by atoms with Crippen LogP contribution in [0.5, 0.6) is 17.4 Å². The summed E-state index contributed by atoms with van der Waals surface area (Å²) in [7, 11) is 1.57. The summed E-state index contributed by atoms with van der Waals surface area (Å²) < 4.78 is 10.8. The number of pyridine rings is 1. The van der Waals surface area contributed by atoms with Crippen molar-refractivity contribution in [2.45, 2.75) is 6.42 Å². The van der Waals surface area contributed by atoms with Gasteiger partial charge in [0.05, 0.1) is 24.9 Å². The minimum absolute atomic E-state index is 0.111. The number of carbonyl (C=O) groups excluding carboxylic acids is 3. The highest BCUT2D eigenvalue weighted by atomic mass is 16.5. The van der Waals surface area contributed by atoms with Gasteiger partial charge in [-0.2, -0.15) is 0 Å². The van der Waals surface area contributed by atoms with E-state index in [1.165, 1.54) is 12.3 Å². The monoisotopic (exact) mass is 446 g/mol. The predicted octanol–water partition coefficient (Wildman–Crippen LogP) is 2.97. The highest BCUT2D eigenvalue weighted by molar-refractivity contribution is 6.03. The lowest BCUT2D eigenvalue weighted by Crippen LogP contribution is -2.28. The van der Waals surface area contributed by atoms with Gasteiger partial charge in [0, 0.05) is 30.3 Å². The van der Waals surface area contributed by atoms with Crippen LogP contribution in [-0.2, 0) is 9.59 Å². The second kappa shape index (κ2) is 9.39. The van der Waals surface area contributed by atoms with Gasteiger partial charge in [-0.3, -0.25) is 14.4 Å². The molecule has 0 radical (unpaired) electrons. The second-order valence-electron chi connectivity index (χ2n) is 7.47. The van der Waals surface area contributed by atoms with Gasteiger partial charge in [0.25, 0.3) is 0 Å². The first kappa shape index (κ1) is 21.8. The molecule has 9 nitrogen and oxygen atoms in total. The summed E-state index contributed by atoms with van der Waals surface area (Å²) in [6.45, 7) is 0.293. The van der Waals surface area contributed by atoms with Crippen LogP contribution < -0.4 is 25.4 Å². The summed E-state index contributed by atoms with van der Waals surface area (Å²) >= 11 is 0. The molecule has 3 N–H and O–H groups in total. The van der Waals surface area contributed by atoms with Crippen LogP contribution in [0.3, 0.4) is 0 Å². The van der Waals surface area contributed by atoms with Crippen LogP contribution in [0.4, 0.5) is 11.4 Å². The maximum absolute atomic E-state index is 12.7. The third kappa shape index (κ3) is 5.09. The predicted molar refractivity (Wildman–Crippen MR) is 121 cm³/mol. The second-order valence-corrected chi connectivity index (χ2v) is 7.47. The number of nitrogens with two attached hydrogens (primary N) is 1. The number of rotatable bonds is 7. The normalized spacial score (nSPS) is 15.2. The van der Waals surface area contributed by atoms with Crippen molar-refractivity contribution in [3.63, 3.8) is 0 Å². The Kier molecular flexibility index (Phi) is 6.21. The van der Waals surface area contributed by atoms with Gasteiger partial charge in [0.2, 0.25) is 23.6 Å². The zero-order valence-electron chi connectivity index (χ0n) is 17.9. The molecule has 3 aromatic rings. The first-order chi connectivity index (χ1) is 15.9. The van der Waals surface area contributed by atoms with Gasteiger partial charge < -0.3 is 25.4 Å². The van der Waals surface area contributed by atoms with Crippen molar-refractivity contribution in [2.75, 3.05) is 23.9 Å². The number of amides is 3. The maximum atomic E-state index is 12.7. The van der Waals surface area contributed by atoms with Gasteiger partial charge in [-0.25, -0.2) is 4.98 Å². The highest BCUT2D eigenvalue weighted by Gasteiger charge is 2.35. The maximum Gasteiger partial charge on any atom is 0.248 e. The molecular formula is C24H22N4O5. The smallest absolute Gasteiger partial charge is 0.248 e. The van der Waals surface area contributed by atoms with E-state index in [2.05, 4.69) is 10.3 Å². The van der Waals surface area contributed by atoms with E-state index in [4.69, 9.17) is 15.2 Å². The molecule has 0 aliphatic carbocycles. The molecule has 1 fully saturated rings. The van der Waals surface area contributed by atoms with Crippen LogP contribution in [0.15, 0.2) is 66.9 Å². The number of hydrogen-bond donors (Lipinski definition) is 2. The molecule has 0 spiro atoms.